The number of carboxylic acid groups (broad SMARTS) is 1. The van der Waals surface area contributed by atoms with E-state index in [-0.39, 0.29) is 5.91 Å². The number of rotatable bonds is 7. The fourth-order valence-corrected chi connectivity index (χ4v) is 3.70. The van der Waals surface area contributed by atoms with Crippen molar-refractivity contribution in [2.24, 2.45) is 0 Å². The molecule has 0 bridgehead atoms. The Bertz CT molecular complexity index is 997. The smallest absolute Gasteiger partial charge is 0.475 e. The van der Waals surface area contributed by atoms with Gasteiger partial charge in [-0.2, -0.15) is 13.2 Å². The van der Waals surface area contributed by atoms with Gasteiger partial charge in [0, 0.05) is 44.0 Å². The molecule has 2 aromatic carbocycles. The molecule has 1 amide bonds. The SMILES string of the molecule is CCCCN1CCN(Cc2cccc(NC(=O)c3ccc(Cl)c(Cl)c3)c2)CC1.O=C(O)C(F)(F)F. The average Bonchev–Trinajstić information content (AvgIpc) is 2.80. The molecule has 1 aliphatic heterocycles. The minimum absolute atomic E-state index is 0.194. The summed E-state index contributed by atoms with van der Waals surface area (Å²) in [7, 11) is 0. The van der Waals surface area contributed by atoms with Crippen LogP contribution in [0, 0.1) is 0 Å². The number of carbonyl (C=O) groups is 2. The van der Waals surface area contributed by atoms with Gasteiger partial charge in [0.15, 0.2) is 0 Å². The lowest BCUT2D eigenvalue weighted by Gasteiger charge is -2.34. The minimum atomic E-state index is -5.08. The zero-order chi connectivity index (χ0) is 26.0. The molecular weight excluding hydrogens is 506 g/mol. The maximum atomic E-state index is 12.5. The van der Waals surface area contributed by atoms with E-state index < -0.39 is 12.1 Å². The molecule has 35 heavy (non-hydrogen) atoms. The number of benzene rings is 2. The molecule has 0 radical (unpaired) electrons. The molecule has 0 aliphatic carbocycles. The van der Waals surface area contributed by atoms with Gasteiger partial charge in [0.2, 0.25) is 0 Å². The number of nitrogens with zero attached hydrogens (tertiary/aromatic N) is 2. The maximum absolute atomic E-state index is 12.5. The van der Waals surface area contributed by atoms with Gasteiger partial charge >= 0.3 is 12.1 Å². The molecule has 0 atom stereocenters. The molecule has 192 valence electrons. The highest BCUT2D eigenvalue weighted by molar-refractivity contribution is 6.42. The number of carbonyl (C=O) groups excluding carboxylic acids is 1. The summed E-state index contributed by atoms with van der Waals surface area (Å²) in [6.45, 7) is 8.79. The first-order chi connectivity index (χ1) is 16.5. The van der Waals surface area contributed by atoms with Gasteiger partial charge in [0.05, 0.1) is 10.0 Å². The number of unbranched alkanes of at least 4 members (excludes halogenated alkanes) is 1. The van der Waals surface area contributed by atoms with Crippen LogP contribution in [0.4, 0.5) is 18.9 Å². The van der Waals surface area contributed by atoms with E-state index in [2.05, 4.69) is 28.1 Å². The van der Waals surface area contributed by atoms with Crippen LogP contribution in [0.25, 0.3) is 0 Å². The molecule has 0 spiro atoms. The van der Waals surface area contributed by atoms with Crippen LogP contribution in [-0.4, -0.2) is 65.7 Å². The predicted molar refractivity (Wildman–Crippen MR) is 131 cm³/mol. The Balaban J connectivity index is 0.000000540. The molecular formula is C24H28Cl2F3N3O3. The van der Waals surface area contributed by atoms with Crippen molar-refractivity contribution >= 4 is 40.8 Å². The lowest BCUT2D eigenvalue weighted by Crippen LogP contribution is -2.46. The van der Waals surface area contributed by atoms with E-state index in [0.29, 0.717) is 15.6 Å². The highest BCUT2D eigenvalue weighted by Gasteiger charge is 2.38. The highest BCUT2D eigenvalue weighted by atomic mass is 35.5. The van der Waals surface area contributed by atoms with Crippen molar-refractivity contribution in [3.8, 4) is 0 Å². The van der Waals surface area contributed by atoms with Crippen LogP contribution < -0.4 is 5.32 Å². The first-order valence-corrected chi connectivity index (χ1v) is 11.9. The Kier molecular flexibility index (Phi) is 11.3. The molecule has 0 aromatic heterocycles. The molecule has 2 aromatic rings. The van der Waals surface area contributed by atoms with E-state index in [1.54, 1.807) is 18.2 Å². The van der Waals surface area contributed by atoms with Crippen molar-refractivity contribution in [3.63, 3.8) is 0 Å². The van der Waals surface area contributed by atoms with Gasteiger partial charge in [-0.1, -0.05) is 48.7 Å². The second-order valence-electron chi connectivity index (χ2n) is 8.06. The highest BCUT2D eigenvalue weighted by Crippen LogP contribution is 2.23. The Morgan fingerprint density at radius 1 is 1.00 bits per heavy atom. The fourth-order valence-electron chi connectivity index (χ4n) is 3.40. The predicted octanol–water partition coefficient (Wildman–Crippen LogP) is 5.80. The van der Waals surface area contributed by atoms with Crippen molar-refractivity contribution in [2.45, 2.75) is 32.5 Å². The Morgan fingerprint density at radius 3 is 2.20 bits per heavy atom. The van der Waals surface area contributed by atoms with E-state index >= 15 is 0 Å². The summed E-state index contributed by atoms with van der Waals surface area (Å²) in [6.07, 6.45) is -2.55. The van der Waals surface area contributed by atoms with Crippen LogP contribution in [0.3, 0.4) is 0 Å². The summed E-state index contributed by atoms with van der Waals surface area (Å²) in [6, 6.07) is 12.9. The van der Waals surface area contributed by atoms with Crippen molar-refractivity contribution in [1.29, 1.82) is 0 Å². The van der Waals surface area contributed by atoms with E-state index in [4.69, 9.17) is 33.1 Å². The molecule has 3 rings (SSSR count). The number of piperazine rings is 1. The lowest BCUT2D eigenvalue weighted by molar-refractivity contribution is -0.192. The lowest BCUT2D eigenvalue weighted by atomic mass is 10.1. The minimum Gasteiger partial charge on any atom is -0.475 e. The molecule has 0 unspecified atom stereocenters. The van der Waals surface area contributed by atoms with Gasteiger partial charge in [0.25, 0.3) is 5.91 Å². The summed E-state index contributed by atoms with van der Waals surface area (Å²) in [4.78, 5) is 26.4. The standard InChI is InChI=1S/C22H27Cl2N3O.C2HF3O2/c1-2-3-9-26-10-12-27(13-11-26)16-17-5-4-6-19(14-17)25-22(28)18-7-8-20(23)21(24)15-18;3-2(4,5)1(6)7/h4-8,14-15H,2-3,9-13,16H2,1H3,(H,25,28);(H,6,7). The zero-order valence-corrected chi connectivity index (χ0v) is 20.8. The number of halogens is 5. The van der Waals surface area contributed by atoms with E-state index in [0.717, 1.165) is 38.4 Å². The second-order valence-corrected chi connectivity index (χ2v) is 8.87. The van der Waals surface area contributed by atoms with Crippen molar-refractivity contribution in [1.82, 2.24) is 9.80 Å². The number of anilines is 1. The van der Waals surface area contributed by atoms with Gasteiger partial charge in [-0.25, -0.2) is 4.79 Å². The Labute approximate surface area is 212 Å². The normalized spacial score (nSPS) is 14.7. The molecule has 1 heterocycles. The summed E-state index contributed by atoms with van der Waals surface area (Å²) >= 11 is 11.9. The van der Waals surface area contributed by atoms with Crippen LogP contribution in [-0.2, 0) is 11.3 Å². The first-order valence-electron chi connectivity index (χ1n) is 11.1. The number of hydrogen-bond donors (Lipinski definition) is 2. The third-order valence-electron chi connectivity index (χ3n) is 5.31. The summed E-state index contributed by atoms with van der Waals surface area (Å²) in [5.41, 5.74) is 2.48. The maximum Gasteiger partial charge on any atom is 0.490 e. The Hall–Kier alpha value is -2.33. The molecule has 6 nitrogen and oxygen atoms in total. The van der Waals surface area contributed by atoms with Crippen molar-refractivity contribution in [3.05, 3.63) is 63.6 Å². The van der Waals surface area contributed by atoms with Crippen molar-refractivity contribution in [2.75, 3.05) is 38.0 Å². The van der Waals surface area contributed by atoms with E-state index in [1.807, 2.05) is 18.2 Å². The summed E-state index contributed by atoms with van der Waals surface area (Å²) in [5.74, 6) is -2.95. The van der Waals surface area contributed by atoms with Gasteiger partial charge in [-0.15, -0.1) is 0 Å². The molecule has 1 fully saturated rings. The van der Waals surface area contributed by atoms with Crippen molar-refractivity contribution < 1.29 is 27.9 Å². The number of hydrogen-bond acceptors (Lipinski definition) is 4. The van der Waals surface area contributed by atoms with Gasteiger partial charge in [-0.3, -0.25) is 9.69 Å². The third kappa shape index (κ3) is 10.0. The monoisotopic (exact) mass is 533 g/mol. The summed E-state index contributed by atoms with van der Waals surface area (Å²) in [5, 5.41) is 10.9. The largest absolute Gasteiger partial charge is 0.490 e. The first kappa shape index (κ1) is 28.9. The quantitative estimate of drug-likeness (QED) is 0.470. The number of aliphatic carboxylic acids is 1. The topological polar surface area (TPSA) is 72.9 Å². The number of carboxylic acids is 1. The third-order valence-corrected chi connectivity index (χ3v) is 6.05. The molecule has 1 aliphatic rings. The second kappa shape index (κ2) is 13.7. The van der Waals surface area contributed by atoms with Crippen LogP contribution in [0.15, 0.2) is 42.5 Å². The molecule has 1 saturated heterocycles. The number of amides is 1. The van der Waals surface area contributed by atoms with Crippen LogP contribution in [0.2, 0.25) is 10.0 Å². The van der Waals surface area contributed by atoms with E-state index in [9.17, 15) is 18.0 Å². The number of alkyl halides is 3. The molecule has 11 heteroatoms. The molecule has 2 N–H and O–H groups in total. The van der Waals surface area contributed by atoms with Crippen LogP contribution in [0.5, 0.6) is 0 Å². The average molecular weight is 534 g/mol. The van der Waals surface area contributed by atoms with E-state index in [1.165, 1.54) is 24.9 Å². The van der Waals surface area contributed by atoms with Gasteiger partial charge in [0.1, 0.15) is 0 Å². The summed E-state index contributed by atoms with van der Waals surface area (Å²) < 4.78 is 31.7. The van der Waals surface area contributed by atoms with Gasteiger partial charge in [-0.05, 0) is 48.9 Å². The molecule has 0 saturated carbocycles. The van der Waals surface area contributed by atoms with Crippen LogP contribution in [0.1, 0.15) is 35.7 Å². The Morgan fingerprint density at radius 2 is 1.63 bits per heavy atom. The zero-order valence-electron chi connectivity index (χ0n) is 19.2. The fraction of sp³-hybridized carbons (Fsp3) is 0.417. The van der Waals surface area contributed by atoms with Crippen LogP contribution >= 0.6 is 23.2 Å². The van der Waals surface area contributed by atoms with Gasteiger partial charge < -0.3 is 15.3 Å². The number of nitrogens with one attached hydrogen (secondary N) is 1.